The third-order valence-corrected chi connectivity index (χ3v) is 1.84. The average Bonchev–Trinajstić information content (AvgIpc) is 1.97. The Morgan fingerprint density at radius 1 is 1.36 bits per heavy atom. The van der Waals surface area contributed by atoms with E-state index in [2.05, 4.69) is 0 Å². The van der Waals surface area contributed by atoms with Crippen molar-refractivity contribution in [2.24, 2.45) is 0 Å². The van der Waals surface area contributed by atoms with E-state index in [0.717, 1.165) is 0 Å². The van der Waals surface area contributed by atoms with Crippen molar-refractivity contribution in [3.63, 3.8) is 0 Å². The van der Waals surface area contributed by atoms with E-state index in [1.54, 1.807) is 0 Å². The third kappa shape index (κ3) is 1.21. The maximum Gasteiger partial charge on any atom is 0.200 e. The minimum absolute atomic E-state index is 0.277. The monoisotopic (exact) mass is 172 g/mol. The van der Waals surface area contributed by atoms with Crippen LogP contribution in [0.4, 0.5) is 0 Å². The molecule has 1 aliphatic rings. The van der Waals surface area contributed by atoms with E-state index in [0.29, 0.717) is 0 Å². The molecule has 0 aromatic carbocycles. The molecule has 0 radical (unpaired) electrons. The van der Waals surface area contributed by atoms with Crippen molar-refractivity contribution in [2.75, 3.05) is 0 Å². The molecular formula is C6H5ClN2O2. The van der Waals surface area contributed by atoms with E-state index in [4.69, 9.17) is 22.4 Å². The Kier molecular flexibility index (Phi) is 1.87. The Morgan fingerprint density at radius 3 is 2.45 bits per heavy atom. The Labute approximate surface area is 67.6 Å². The topological polar surface area (TPSA) is 81.8 Å². The Balaban J connectivity index is 2.96. The molecule has 1 fully saturated rings. The number of Topliss-reactive ketones (excluding diaryl/α,β-unsaturated/α-hetero) is 2. The van der Waals surface area contributed by atoms with Crippen LogP contribution in [0.15, 0.2) is 0 Å². The van der Waals surface area contributed by atoms with Crippen molar-refractivity contribution in [1.82, 2.24) is 0 Å². The maximum atomic E-state index is 10.8. The van der Waals surface area contributed by atoms with Crippen LogP contribution in [0.2, 0.25) is 0 Å². The quantitative estimate of drug-likeness (QED) is 0.511. The van der Waals surface area contributed by atoms with Crippen molar-refractivity contribution in [1.29, 1.82) is 10.8 Å². The lowest BCUT2D eigenvalue weighted by molar-refractivity contribution is -0.116. The Hall–Kier alpha value is -1.03. The number of alkyl halides is 1. The summed E-state index contributed by atoms with van der Waals surface area (Å²) < 4.78 is 0. The van der Waals surface area contributed by atoms with Gasteiger partial charge in [-0.2, -0.15) is 0 Å². The second kappa shape index (κ2) is 2.54. The average molecular weight is 173 g/mol. The SMILES string of the molecule is N=C1CC(=O)C(=N)C(Cl)C1=O. The first-order chi connectivity index (χ1) is 5.04. The molecule has 1 aliphatic carbocycles. The van der Waals surface area contributed by atoms with E-state index in [9.17, 15) is 9.59 Å². The van der Waals surface area contributed by atoms with Crippen LogP contribution in [0.25, 0.3) is 0 Å². The van der Waals surface area contributed by atoms with Gasteiger partial charge in [0.2, 0.25) is 5.78 Å². The van der Waals surface area contributed by atoms with E-state index in [1.807, 2.05) is 0 Å². The highest BCUT2D eigenvalue weighted by molar-refractivity contribution is 6.70. The van der Waals surface area contributed by atoms with Gasteiger partial charge in [-0.05, 0) is 0 Å². The van der Waals surface area contributed by atoms with Crippen LogP contribution in [-0.4, -0.2) is 28.4 Å². The maximum absolute atomic E-state index is 10.8. The molecule has 0 amide bonds. The molecule has 0 bridgehead atoms. The highest BCUT2D eigenvalue weighted by Crippen LogP contribution is 2.11. The zero-order valence-electron chi connectivity index (χ0n) is 5.48. The lowest BCUT2D eigenvalue weighted by Gasteiger charge is -2.14. The first-order valence-corrected chi connectivity index (χ1v) is 3.35. The van der Waals surface area contributed by atoms with Gasteiger partial charge in [0.15, 0.2) is 5.78 Å². The zero-order chi connectivity index (χ0) is 8.59. The van der Waals surface area contributed by atoms with Crippen LogP contribution in [0, 0.1) is 10.8 Å². The van der Waals surface area contributed by atoms with Crippen LogP contribution >= 0.6 is 11.6 Å². The lowest BCUT2D eigenvalue weighted by atomic mass is 9.94. The molecule has 0 aliphatic heterocycles. The summed E-state index contributed by atoms with van der Waals surface area (Å²) in [6, 6.07) is 0. The molecule has 2 N–H and O–H groups in total. The van der Waals surface area contributed by atoms with Crippen molar-refractivity contribution >= 4 is 34.6 Å². The number of rotatable bonds is 0. The van der Waals surface area contributed by atoms with E-state index >= 15 is 0 Å². The number of carbonyl (C=O) groups is 2. The van der Waals surface area contributed by atoms with Gasteiger partial charge in [0.25, 0.3) is 0 Å². The summed E-state index contributed by atoms with van der Waals surface area (Å²) in [6.45, 7) is 0. The molecule has 0 heterocycles. The fraction of sp³-hybridized carbons (Fsp3) is 0.333. The molecule has 1 rings (SSSR count). The predicted octanol–water partition coefficient (Wildman–Crippen LogP) is 0.175. The molecule has 1 atom stereocenters. The molecule has 0 aromatic rings. The number of carbonyl (C=O) groups excluding carboxylic acids is 2. The standard InChI is InChI=1S/C6H5ClN2O2/c7-4-5(9)3(10)1-2(8)6(4)11/h4,8-9H,1H2. The molecule has 0 spiro atoms. The smallest absolute Gasteiger partial charge is 0.200 e. The molecule has 1 unspecified atom stereocenters. The number of halogens is 1. The van der Waals surface area contributed by atoms with Crippen molar-refractivity contribution in [3.8, 4) is 0 Å². The molecular weight excluding hydrogens is 168 g/mol. The van der Waals surface area contributed by atoms with Crippen LogP contribution in [0.3, 0.4) is 0 Å². The van der Waals surface area contributed by atoms with Gasteiger partial charge < -0.3 is 5.41 Å². The van der Waals surface area contributed by atoms with Gasteiger partial charge in [-0.1, -0.05) is 0 Å². The summed E-state index contributed by atoms with van der Waals surface area (Å²) in [7, 11) is 0. The number of nitrogens with one attached hydrogen (secondary N) is 2. The molecule has 5 heteroatoms. The van der Waals surface area contributed by atoms with Gasteiger partial charge in [-0.3, -0.25) is 15.0 Å². The number of hydrogen-bond acceptors (Lipinski definition) is 4. The predicted molar refractivity (Wildman–Crippen MR) is 39.7 cm³/mol. The highest BCUT2D eigenvalue weighted by Gasteiger charge is 2.34. The minimum Gasteiger partial charge on any atom is -0.301 e. The Morgan fingerprint density at radius 2 is 1.91 bits per heavy atom. The second-order valence-corrected chi connectivity index (χ2v) is 2.66. The summed E-state index contributed by atoms with van der Waals surface area (Å²) in [5.74, 6) is -1.16. The van der Waals surface area contributed by atoms with E-state index < -0.39 is 22.7 Å². The number of ketones is 2. The second-order valence-electron chi connectivity index (χ2n) is 2.22. The largest absolute Gasteiger partial charge is 0.301 e. The number of hydrogen-bond donors (Lipinski definition) is 2. The van der Waals surface area contributed by atoms with Gasteiger partial charge >= 0.3 is 0 Å². The minimum atomic E-state index is -1.23. The summed E-state index contributed by atoms with van der Waals surface area (Å²) in [5.41, 5.74) is -0.696. The van der Waals surface area contributed by atoms with Crippen LogP contribution in [0.5, 0.6) is 0 Å². The summed E-state index contributed by atoms with van der Waals surface area (Å²) in [5, 5.41) is 12.8. The van der Waals surface area contributed by atoms with Gasteiger partial charge in [0, 0.05) is 0 Å². The Bertz CT molecular complexity index is 246. The van der Waals surface area contributed by atoms with Gasteiger partial charge in [0.05, 0.1) is 12.1 Å². The molecule has 0 saturated heterocycles. The normalized spacial score (nSPS) is 26.1. The van der Waals surface area contributed by atoms with Gasteiger partial charge in [-0.25, -0.2) is 0 Å². The highest BCUT2D eigenvalue weighted by atomic mass is 35.5. The molecule has 58 valence electrons. The van der Waals surface area contributed by atoms with Crippen molar-refractivity contribution < 1.29 is 9.59 Å². The summed E-state index contributed by atoms with van der Waals surface area (Å²) >= 11 is 5.37. The first kappa shape index (κ1) is 8.07. The van der Waals surface area contributed by atoms with Gasteiger partial charge in [0.1, 0.15) is 11.1 Å². The fourth-order valence-corrected chi connectivity index (χ4v) is 1.02. The van der Waals surface area contributed by atoms with Crippen LogP contribution in [-0.2, 0) is 9.59 Å². The lowest BCUT2D eigenvalue weighted by Crippen LogP contribution is -2.42. The molecule has 11 heavy (non-hydrogen) atoms. The van der Waals surface area contributed by atoms with Crippen molar-refractivity contribution in [3.05, 3.63) is 0 Å². The summed E-state index contributed by atoms with van der Waals surface area (Å²) in [6.07, 6.45) is -0.277. The first-order valence-electron chi connectivity index (χ1n) is 2.91. The van der Waals surface area contributed by atoms with Crippen LogP contribution in [0.1, 0.15) is 6.42 Å². The summed E-state index contributed by atoms with van der Waals surface area (Å²) in [4.78, 5) is 21.6. The van der Waals surface area contributed by atoms with Gasteiger partial charge in [-0.15, -0.1) is 11.6 Å². The van der Waals surface area contributed by atoms with E-state index in [1.165, 1.54) is 0 Å². The molecule has 4 nitrogen and oxygen atoms in total. The third-order valence-electron chi connectivity index (χ3n) is 1.42. The molecule has 0 aromatic heterocycles. The zero-order valence-corrected chi connectivity index (χ0v) is 6.23. The fourth-order valence-electron chi connectivity index (χ4n) is 0.768. The van der Waals surface area contributed by atoms with Crippen LogP contribution < -0.4 is 0 Å². The van der Waals surface area contributed by atoms with Crippen molar-refractivity contribution in [2.45, 2.75) is 11.8 Å². The van der Waals surface area contributed by atoms with E-state index in [-0.39, 0.29) is 12.1 Å². The molecule has 1 saturated carbocycles.